The van der Waals surface area contributed by atoms with Crippen molar-refractivity contribution in [2.45, 2.75) is 32.9 Å². The van der Waals surface area contributed by atoms with Gasteiger partial charge >= 0.3 is 0 Å². The van der Waals surface area contributed by atoms with Crippen LogP contribution in [0.15, 0.2) is 47.6 Å². The fourth-order valence-corrected chi connectivity index (χ4v) is 2.88. The molecule has 0 aliphatic carbocycles. The number of carbonyl (C=O) groups excluding carboxylic acids is 1. The van der Waals surface area contributed by atoms with Crippen molar-refractivity contribution < 1.29 is 19.4 Å². The van der Waals surface area contributed by atoms with E-state index in [-0.39, 0.29) is 11.5 Å². The number of nitro benzene ring substituents is 2. The first kappa shape index (κ1) is 19.9. The molecule has 0 fully saturated rings. The van der Waals surface area contributed by atoms with Gasteiger partial charge in [0.2, 0.25) is 18.0 Å². The average Bonchev–Trinajstić information content (AvgIpc) is 3.13. The van der Waals surface area contributed by atoms with Gasteiger partial charge in [0.1, 0.15) is 0 Å². The molecular formula is C19H18N4O6. The van der Waals surface area contributed by atoms with Gasteiger partial charge in [0.15, 0.2) is 0 Å². The van der Waals surface area contributed by atoms with Crippen LogP contribution in [0.5, 0.6) is 0 Å². The number of non-ortho nitro benzene ring substituents is 2. The third-order valence-corrected chi connectivity index (χ3v) is 4.43. The number of carbonyl (C=O) groups is 1. The molecular weight excluding hydrogens is 380 g/mol. The summed E-state index contributed by atoms with van der Waals surface area (Å²) < 4.78 is 5.79. The van der Waals surface area contributed by atoms with Gasteiger partial charge in [-0.1, -0.05) is 38.1 Å². The highest BCUT2D eigenvalue weighted by molar-refractivity contribution is 5.97. The normalized spacial score (nSPS) is 15.8. The van der Waals surface area contributed by atoms with Crippen molar-refractivity contribution in [3.05, 3.63) is 79.4 Å². The van der Waals surface area contributed by atoms with Crippen LogP contribution in [0, 0.1) is 20.2 Å². The average molecular weight is 398 g/mol. The Morgan fingerprint density at radius 2 is 1.62 bits per heavy atom. The summed E-state index contributed by atoms with van der Waals surface area (Å²) in [4.78, 5) is 32.8. The zero-order valence-corrected chi connectivity index (χ0v) is 15.9. The summed E-state index contributed by atoms with van der Waals surface area (Å²) in [6, 6.07) is 10.5. The first-order valence-corrected chi connectivity index (χ1v) is 8.76. The fraction of sp³-hybridized carbons (Fsp3) is 0.263. The smallest absolute Gasteiger partial charge is 0.277 e. The second-order valence-electron chi connectivity index (χ2n) is 6.81. The van der Waals surface area contributed by atoms with E-state index in [9.17, 15) is 25.0 Å². The zero-order chi connectivity index (χ0) is 21.3. The molecule has 1 aliphatic heterocycles. The van der Waals surface area contributed by atoms with Crippen LogP contribution in [-0.2, 0) is 9.53 Å². The van der Waals surface area contributed by atoms with Gasteiger partial charge in [-0.15, -0.1) is 5.10 Å². The Morgan fingerprint density at radius 3 is 2.07 bits per heavy atom. The van der Waals surface area contributed by atoms with Gasteiger partial charge in [-0.25, -0.2) is 0 Å². The molecule has 0 radical (unpaired) electrons. The lowest BCUT2D eigenvalue weighted by atomic mass is 10.0. The molecule has 29 heavy (non-hydrogen) atoms. The number of amides is 1. The molecule has 10 nitrogen and oxygen atoms in total. The SMILES string of the molecule is CC(=O)N1N=C(c2cc([N+](=O)[O-])cc([N+](=O)[O-])c2)OC1c1ccc(C(C)C)cc1. The van der Waals surface area contributed by atoms with Gasteiger partial charge < -0.3 is 4.74 Å². The maximum Gasteiger partial charge on any atom is 0.277 e. The molecule has 1 aliphatic rings. The Labute approximate surface area is 165 Å². The van der Waals surface area contributed by atoms with Crippen LogP contribution >= 0.6 is 0 Å². The van der Waals surface area contributed by atoms with Crippen molar-refractivity contribution in [1.82, 2.24) is 5.01 Å². The highest BCUT2D eigenvalue weighted by Gasteiger charge is 2.34. The fourth-order valence-electron chi connectivity index (χ4n) is 2.88. The van der Waals surface area contributed by atoms with Crippen molar-refractivity contribution in [3.8, 4) is 0 Å². The number of hydrogen-bond donors (Lipinski definition) is 0. The van der Waals surface area contributed by atoms with E-state index in [0.29, 0.717) is 11.5 Å². The predicted octanol–water partition coefficient (Wildman–Crippen LogP) is 3.87. The van der Waals surface area contributed by atoms with Crippen LogP contribution < -0.4 is 0 Å². The van der Waals surface area contributed by atoms with Crippen molar-refractivity contribution in [2.24, 2.45) is 5.10 Å². The van der Waals surface area contributed by atoms with Crippen molar-refractivity contribution >= 4 is 23.2 Å². The lowest BCUT2D eigenvalue weighted by Crippen LogP contribution is -2.25. The Balaban J connectivity index is 1.99. The Kier molecular flexibility index (Phi) is 5.26. The van der Waals surface area contributed by atoms with Crippen LogP contribution in [0.1, 0.15) is 49.6 Å². The molecule has 0 N–H and O–H groups in total. The first-order chi connectivity index (χ1) is 13.7. The molecule has 0 saturated carbocycles. The molecule has 0 bridgehead atoms. The third-order valence-electron chi connectivity index (χ3n) is 4.43. The van der Waals surface area contributed by atoms with E-state index in [4.69, 9.17) is 4.74 Å². The molecule has 1 heterocycles. The third kappa shape index (κ3) is 4.05. The lowest BCUT2D eigenvalue weighted by molar-refractivity contribution is -0.394. The van der Waals surface area contributed by atoms with E-state index in [1.54, 1.807) is 0 Å². The molecule has 0 aromatic heterocycles. The van der Waals surface area contributed by atoms with Gasteiger partial charge in [-0.2, -0.15) is 5.01 Å². The summed E-state index contributed by atoms with van der Waals surface area (Å²) in [7, 11) is 0. The molecule has 150 valence electrons. The predicted molar refractivity (Wildman–Crippen MR) is 103 cm³/mol. The van der Waals surface area contributed by atoms with Gasteiger partial charge in [0.25, 0.3) is 11.4 Å². The maximum absolute atomic E-state index is 12.1. The van der Waals surface area contributed by atoms with Crippen LogP contribution in [0.25, 0.3) is 0 Å². The van der Waals surface area contributed by atoms with E-state index in [1.165, 1.54) is 6.92 Å². The number of ether oxygens (including phenoxy) is 1. The van der Waals surface area contributed by atoms with Crippen molar-refractivity contribution in [2.75, 3.05) is 0 Å². The Morgan fingerprint density at radius 1 is 1.07 bits per heavy atom. The zero-order valence-electron chi connectivity index (χ0n) is 15.9. The minimum Gasteiger partial charge on any atom is -0.446 e. The molecule has 2 aromatic carbocycles. The number of hydrogen-bond acceptors (Lipinski definition) is 7. The molecule has 10 heteroatoms. The van der Waals surface area contributed by atoms with Gasteiger partial charge in [0, 0.05) is 24.6 Å². The van der Waals surface area contributed by atoms with E-state index in [1.807, 2.05) is 24.3 Å². The monoisotopic (exact) mass is 398 g/mol. The molecule has 0 spiro atoms. The molecule has 0 saturated heterocycles. The van der Waals surface area contributed by atoms with Gasteiger partial charge in [-0.3, -0.25) is 25.0 Å². The Bertz CT molecular complexity index is 984. The summed E-state index contributed by atoms with van der Waals surface area (Å²) >= 11 is 0. The number of nitrogens with zero attached hydrogens (tertiary/aromatic N) is 4. The minimum atomic E-state index is -0.873. The van der Waals surface area contributed by atoms with E-state index in [2.05, 4.69) is 18.9 Å². The lowest BCUT2D eigenvalue weighted by Gasteiger charge is -2.19. The summed E-state index contributed by atoms with van der Waals surface area (Å²) in [5.41, 5.74) is 0.859. The summed E-state index contributed by atoms with van der Waals surface area (Å²) in [5.74, 6) is -0.183. The van der Waals surface area contributed by atoms with Crippen LogP contribution in [0.2, 0.25) is 0 Å². The van der Waals surface area contributed by atoms with E-state index < -0.39 is 33.4 Å². The van der Waals surface area contributed by atoms with Gasteiger partial charge in [0.05, 0.1) is 21.5 Å². The number of hydrazone groups is 1. The number of rotatable bonds is 5. The number of nitro groups is 2. The second-order valence-corrected chi connectivity index (χ2v) is 6.81. The van der Waals surface area contributed by atoms with Crippen LogP contribution in [0.3, 0.4) is 0 Å². The standard InChI is InChI=1S/C19H18N4O6/c1-11(2)13-4-6-14(7-5-13)19-21(12(3)24)20-18(29-19)15-8-16(22(25)26)10-17(9-15)23(27)28/h4-11,19H,1-3H3. The van der Waals surface area contributed by atoms with Crippen LogP contribution in [-0.4, -0.2) is 26.7 Å². The first-order valence-electron chi connectivity index (χ1n) is 8.76. The largest absolute Gasteiger partial charge is 0.446 e. The Hall–Kier alpha value is -3.82. The summed E-state index contributed by atoms with van der Waals surface area (Å²) in [5, 5.41) is 27.5. The molecule has 1 atom stereocenters. The molecule has 1 unspecified atom stereocenters. The molecule has 2 aromatic rings. The quantitative estimate of drug-likeness (QED) is 0.555. The van der Waals surface area contributed by atoms with Crippen molar-refractivity contribution in [1.29, 1.82) is 0 Å². The second kappa shape index (κ2) is 7.66. The van der Waals surface area contributed by atoms with Gasteiger partial charge in [-0.05, 0) is 11.5 Å². The van der Waals surface area contributed by atoms with Crippen LogP contribution in [0.4, 0.5) is 11.4 Å². The summed E-state index contributed by atoms with van der Waals surface area (Å²) in [6.45, 7) is 5.42. The van der Waals surface area contributed by atoms with E-state index >= 15 is 0 Å². The van der Waals surface area contributed by atoms with E-state index in [0.717, 1.165) is 28.8 Å². The topological polar surface area (TPSA) is 128 Å². The van der Waals surface area contributed by atoms with Crippen molar-refractivity contribution in [3.63, 3.8) is 0 Å². The summed E-state index contributed by atoms with van der Waals surface area (Å²) in [6.07, 6.45) is -0.873. The molecule has 1 amide bonds. The maximum atomic E-state index is 12.1. The molecule has 3 rings (SSSR count). The minimum absolute atomic E-state index is 0.0402. The highest BCUT2D eigenvalue weighted by atomic mass is 16.6. The number of benzene rings is 2. The highest BCUT2D eigenvalue weighted by Crippen LogP contribution is 2.33.